The molecule has 0 aliphatic carbocycles. The maximum atomic E-state index is 11.8. The van der Waals surface area contributed by atoms with Crippen LogP contribution in [0.15, 0.2) is 18.2 Å². The maximum absolute atomic E-state index is 11.8. The third-order valence-corrected chi connectivity index (χ3v) is 3.14. The van der Waals surface area contributed by atoms with E-state index in [0.717, 1.165) is 31.4 Å². The quantitative estimate of drug-likeness (QED) is 0.779. The Morgan fingerprint density at radius 3 is 3.05 bits per heavy atom. The van der Waals surface area contributed by atoms with E-state index in [2.05, 4.69) is 17.6 Å². The summed E-state index contributed by atoms with van der Waals surface area (Å²) in [5.41, 5.74) is 1.50. The Balaban J connectivity index is 1.88. The van der Waals surface area contributed by atoms with Gasteiger partial charge < -0.3 is 15.4 Å². The molecule has 0 spiro atoms. The van der Waals surface area contributed by atoms with Crippen molar-refractivity contribution in [2.24, 2.45) is 0 Å². The van der Waals surface area contributed by atoms with E-state index in [0.29, 0.717) is 17.9 Å². The molecule has 1 aliphatic heterocycles. The molecule has 0 saturated carbocycles. The standard InChI is InChI=1S/C15H20N2O3/c1-2-3-4-7-16-14(18)9-11-5-6-13-12(8-11)17-15(19)10-20-13/h5-6,8H,2-4,7,9-10H2,1H3,(H,16,18)(H,17,19). The van der Waals surface area contributed by atoms with Gasteiger partial charge in [0.25, 0.3) is 5.91 Å². The number of ether oxygens (including phenoxy) is 1. The van der Waals surface area contributed by atoms with E-state index in [1.54, 1.807) is 12.1 Å². The van der Waals surface area contributed by atoms with Gasteiger partial charge in [0.05, 0.1) is 12.1 Å². The lowest BCUT2D eigenvalue weighted by Gasteiger charge is -2.18. The number of nitrogens with one attached hydrogen (secondary N) is 2. The Morgan fingerprint density at radius 1 is 1.40 bits per heavy atom. The van der Waals surface area contributed by atoms with Crippen LogP contribution in [-0.2, 0) is 16.0 Å². The zero-order chi connectivity index (χ0) is 14.4. The second-order valence-electron chi connectivity index (χ2n) is 4.90. The molecule has 1 heterocycles. The molecule has 0 atom stereocenters. The molecule has 2 amide bonds. The van der Waals surface area contributed by atoms with Crippen molar-refractivity contribution in [3.05, 3.63) is 23.8 Å². The van der Waals surface area contributed by atoms with E-state index in [1.165, 1.54) is 0 Å². The number of fused-ring (bicyclic) bond motifs is 1. The minimum absolute atomic E-state index is 0.00380. The maximum Gasteiger partial charge on any atom is 0.262 e. The zero-order valence-electron chi connectivity index (χ0n) is 11.7. The SMILES string of the molecule is CCCCCNC(=O)Cc1ccc2c(c1)NC(=O)CO2. The number of anilines is 1. The highest BCUT2D eigenvalue weighted by molar-refractivity contribution is 5.95. The first-order chi connectivity index (χ1) is 9.69. The Morgan fingerprint density at radius 2 is 2.25 bits per heavy atom. The largest absolute Gasteiger partial charge is 0.482 e. The molecule has 108 valence electrons. The molecule has 0 unspecified atom stereocenters. The lowest BCUT2D eigenvalue weighted by molar-refractivity contribution is -0.120. The molecule has 20 heavy (non-hydrogen) atoms. The Kier molecular flexibility index (Phi) is 4.98. The lowest BCUT2D eigenvalue weighted by atomic mass is 10.1. The van der Waals surface area contributed by atoms with Gasteiger partial charge in [-0.2, -0.15) is 0 Å². The van der Waals surface area contributed by atoms with Gasteiger partial charge in [0.1, 0.15) is 5.75 Å². The van der Waals surface area contributed by atoms with Crippen molar-refractivity contribution < 1.29 is 14.3 Å². The predicted octanol–water partition coefficient (Wildman–Crippen LogP) is 1.87. The fraction of sp³-hybridized carbons (Fsp3) is 0.467. The molecule has 1 aromatic carbocycles. The highest BCUT2D eigenvalue weighted by Crippen LogP contribution is 2.28. The molecule has 0 fully saturated rings. The number of hydrogen-bond acceptors (Lipinski definition) is 3. The second kappa shape index (κ2) is 6.93. The number of carbonyl (C=O) groups excluding carboxylic acids is 2. The van der Waals surface area contributed by atoms with E-state index in [1.807, 2.05) is 6.07 Å². The highest BCUT2D eigenvalue weighted by Gasteiger charge is 2.16. The van der Waals surface area contributed by atoms with Gasteiger partial charge in [0.2, 0.25) is 5.91 Å². The summed E-state index contributed by atoms with van der Waals surface area (Å²) in [6.45, 7) is 2.90. The van der Waals surface area contributed by atoms with Crippen molar-refractivity contribution in [2.45, 2.75) is 32.6 Å². The molecule has 2 rings (SSSR count). The molecule has 1 aromatic rings. The summed E-state index contributed by atoms with van der Waals surface area (Å²) in [4.78, 5) is 23.0. The van der Waals surface area contributed by atoms with E-state index in [-0.39, 0.29) is 18.4 Å². The normalized spacial score (nSPS) is 13.2. The molecule has 5 nitrogen and oxygen atoms in total. The van der Waals surface area contributed by atoms with Crippen LogP contribution in [0.4, 0.5) is 5.69 Å². The van der Waals surface area contributed by atoms with Gasteiger partial charge in [-0.25, -0.2) is 0 Å². The number of rotatable bonds is 6. The average molecular weight is 276 g/mol. The van der Waals surface area contributed by atoms with Crippen molar-refractivity contribution in [3.8, 4) is 5.75 Å². The number of hydrogen-bond donors (Lipinski definition) is 2. The minimum atomic E-state index is -0.168. The van der Waals surface area contributed by atoms with E-state index in [4.69, 9.17) is 4.74 Å². The van der Waals surface area contributed by atoms with Crippen LogP contribution in [-0.4, -0.2) is 25.0 Å². The highest BCUT2D eigenvalue weighted by atomic mass is 16.5. The first-order valence-corrected chi connectivity index (χ1v) is 7.01. The van der Waals surface area contributed by atoms with Gasteiger partial charge in [-0.1, -0.05) is 25.8 Å². The Bertz CT molecular complexity index is 500. The second-order valence-corrected chi connectivity index (χ2v) is 4.90. The summed E-state index contributed by atoms with van der Waals surface area (Å²) in [7, 11) is 0. The first-order valence-electron chi connectivity index (χ1n) is 7.01. The molecule has 1 aliphatic rings. The van der Waals surface area contributed by atoms with Crippen LogP contribution in [0.1, 0.15) is 31.7 Å². The fourth-order valence-electron chi connectivity index (χ4n) is 2.09. The molecular weight excluding hydrogens is 256 g/mol. The molecule has 0 aromatic heterocycles. The monoisotopic (exact) mass is 276 g/mol. The Hall–Kier alpha value is -2.04. The topological polar surface area (TPSA) is 67.4 Å². The van der Waals surface area contributed by atoms with E-state index in [9.17, 15) is 9.59 Å². The van der Waals surface area contributed by atoms with Crippen LogP contribution < -0.4 is 15.4 Å². The smallest absolute Gasteiger partial charge is 0.262 e. The number of carbonyl (C=O) groups is 2. The third-order valence-electron chi connectivity index (χ3n) is 3.14. The molecular formula is C15H20N2O3. The van der Waals surface area contributed by atoms with Crippen LogP contribution in [0.5, 0.6) is 5.75 Å². The number of amides is 2. The predicted molar refractivity (Wildman–Crippen MR) is 76.8 cm³/mol. The lowest BCUT2D eigenvalue weighted by Crippen LogP contribution is -2.27. The van der Waals surface area contributed by atoms with Crippen molar-refractivity contribution >= 4 is 17.5 Å². The van der Waals surface area contributed by atoms with Crippen molar-refractivity contribution in [1.29, 1.82) is 0 Å². The first kappa shape index (κ1) is 14.4. The molecule has 0 saturated heterocycles. The molecule has 2 N–H and O–H groups in total. The molecule has 0 radical (unpaired) electrons. The number of unbranched alkanes of at least 4 members (excludes halogenated alkanes) is 2. The molecule has 5 heteroatoms. The van der Waals surface area contributed by atoms with Crippen LogP contribution in [0.25, 0.3) is 0 Å². The van der Waals surface area contributed by atoms with Gasteiger partial charge >= 0.3 is 0 Å². The average Bonchev–Trinajstić information content (AvgIpc) is 2.43. The fourth-order valence-corrected chi connectivity index (χ4v) is 2.09. The van der Waals surface area contributed by atoms with Crippen LogP contribution in [0, 0.1) is 0 Å². The van der Waals surface area contributed by atoms with Gasteiger partial charge in [0.15, 0.2) is 6.61 Å². The molecule has 0 bridgehead atoms. The van der Waals surface area contributed by atoms with Crippen molar-refractivity contribution in [3.63, 3.8) is 0 Å². The van der Waals surface area contributed by atoms with Gasteiger partial charge in [0, 0.05) is 6.54 Å². The summed E-state index contributed by atoms with van der Waals surface area (Å²) in [6, 6.07) is 5.43. The van der Waals surface area contributed by atoms with E-state index < -0.39 is 0 Å². The summed E-state index contributed by atoms with van der Waals surface area (Å²) in [5.74, 6) is 0.486. The van der Waals surface area contributed by atoms with Gasteiger partial charge in [-0.05, 0) is 24.1 Å². The summed E-state index contributed by atoms with van der Waals surface area (Å²) >= 11 is 0. The summed E-state index contributed by atoms with van der Waals surface area (Å²) in [5, 5.41) is 5.64. The van der Waals surface area contributed by atoms with Crippen molar-refractivity contribution in [1.82, 2.24) is 5.32 Å². The summed E-state index contributed by atoms with van der Waals surface area (Å²) in [6.07, 6.45) is 3.59. The van der Waals surface area contributed by atoms with Crippen LogP contribution in [0.3, 0.4) is 0 Å². The zero-order valence-corrected chi connectivity index (χ0v) is 11.7. The van der Waals surface area contributed by atoms with Crippen molar-refractivity contribution in [2.75, 3.05) is 18.5 Å². The Labute approximate surface area is 118 Å². The van der Waals surface area contributed by atoms with Gasteiger partial charge in [-0.15, -0.1) is 0 Å². The van der Waals surface area contributed by atoms with E-state index >= 15 is 0 Å². The number of benzene rings is 1. The van der Waals surface area contributed by atoms with Crippen LogP contribution >= 0.6 is 0 Å². The van der Waals surface area contributed by atoms with Crippen LogP contribution in [0.2, 0.25) is 0 Å². The van der Waals surface area contributed by atoms with Gasteiger partial charge in [-0.3, -0.25) is 9.59 Å². The third kappa shape index (κ3) is 3.98. The summed E-state index contributed by atoms with van der Waals surface area (Å²) < 4.78 is 5.27. The minimum Gasteiger partial charge on any atom is -0.482 e.